The van der Waals surface area contributed by atoms with E-state index < -0.39 is 23.2 Å². The number of rotatable bonds is 6. The van der Waals surface area contributed by atoms with Gasteiger partial charge in [0.1, 0.15) is 0 Å². The fraction of sp³-hybridized carbons (Fsp3) is 0.429. The molecule has 0 heterocycles. The highest BCUT2D eigenvalue weighted by Crippen LogP contribution is 2.29. The van der Waals surface area contributed by atoms with Crippen molar-refractivity contribution in [1.29, 1.82) is 0 Å². The van der Waals surface area contributed by atoms with E-state index in [2.05, 4.69) is 0 Å². The van der Waals surface area contributed by atoms with Crippen LogP contribution in [0.4, 0.5) is 4.39 Å². The number of carbonyl (C=O) groups excluding carboxylic acids is 1. The molecule has 0 fully saturated rings. The number of carbonyl (C=O) groups is 2. The van der Waals surface area contributed by atoms with Gasteiger partial charge in [-0.05, 0) is 25.5 Å². The second kappa shape index (κ2) is 6.36. The molecule has 1 aromatic carbocycles. The summed E-state index contributed by atoms with van der Waals surface area (Å²) >= 11 is 0. The minimum Gasteiger partial charge on any atom is -0.494 e. The van der Waals surface area contributed by atoms with Gasteiger partial charge in [-0.15, -0.1) is 0 Å². The molecule has 5 nitrogen and oxygen atoms in total. The Bertz CT molecular complexity index is 514. The van der Waals surface area contributed by atoms with Crippen molar-refractivity contribution in [1.82, 2.24) is 0 Å². The second-order valence-corrected chi connectivity index (χ2v) is 4.47. The van der Waals surface area contributed by atoms with Crippen LogP contribution >= 0.6 is 0 Å². The quantitative estimate of drug-likeness (QED) is 0.639. The van der Waals surface area contributed by atoms with E-state index in [1.165, 1.54) is 32.2 Å². The summed E-state index contributed by atoms with van der Waals surface area (Å²) in [5.41, 5.74) is -1.76. The number of carboxylic acids is 1. The van der Waals surface area contributed by atoms with Crippen molar-refractivity contribution in [2.45, 2.75) is 20.3 Å². The normalized spacial score (nSPS) is 13.4. The Kier molecular flexibility index (Phi) is 5.07. The summed E-state index contributed by atoms with van der Waals surface area (Å²) in [5, 5.41) is 9.25. The molecule has 0 radical (unpaired) electrons. The van der Waals surface area contributed by atoms with Gasteiger partial charge < -0.3 is 14.6 Å². The average molecular weight is 284 g/mol. The zero-order valence-electron chi connectivity index (χ0n) is 11.6. The standard InChI is InChI=1S/C14H17FO5/c1-4-20-13(18)14(2,12(16)17)8-9-6-5-7-10(19-3)11(9)15/h5-7H,4,8H2,1-3H3,(H,16,17). The minimum absolute atomic E-state index is 0.000836. The molecule has 110 valence electrons. The molecule has 1 N–H and O–H groups in total. The van der Waals surface area contributed by atoms with Gasteiger partial charge in [-0.1, -0.05) is 12.1 Å². The third-order valence-corrected chi connectivity index (χ3v) is 3.01. The minimum atomic E-state index is -1.84. The Balaban J connectivity index is 3.15. The number of aliphatic carboxylic acids is 1. The summed E-state index contributed by atoms with van der Waals surface area (Å²) in [4.78, 5) is 23.2. The number of carboxylic acid groups (broad SMARTS) is 1. The molecule has 6 heteroatoms. The Morgan fingerprint density at radius 2 is 2.05 bits per heavy atom. The predicted octanol–water partition coefficient (Wildman–Crippen LogP) is 2.03. The lowest BCUT2D eigenvalue weighted by Gasteiger charge is -2.23. The molecule has 0 aliphatic heterocycles. The van der Waals surface area contributed by atoms with Gasteiger partial charge in [0.15, 0.2) is 17.0 Å². The molecule has 0 aliphatic rings. The Labute approximate surface area is 116 Å². The lowest BCUT2D eigenvalue weighted by Crippen LogP contribution is -2.40. The van der Waals surface area contributed by atoms with Crippen molar-refractivity contribution in [2.24, 2.45) is 5.41 Å². The second-order valence-electron chi connectivity index (χ2n) is 4.47. The van der Waals surface area contributed by atoms with Crippen molar-refractivity contribution in [3.8, 4) is 5.75 Å². The SMILES string of the molecule is CCOC(=O)C(C)(Cc1cccc(OC)c1F)C(=O)O. The van der Waals surface area contributed by atoms with E-state index in [1.807, 2.05) is 0 Å². The van der Waals surface area contributed by atoms with Crippen LogP contribution < -0.4 is 4.74 Å². The van der Waals surface area contributed by atoms with Crippen LogP contribution in [0.25, 0.3) is 0 Å². The number of esters is 1. The summed E-state index contributed by atoms with van der Waals surface area (Å²) in [5.74, 6) is -2.93. The zero-order chi connectivity index (χ0) is 15.3. The number of hydrogen-bond acceptors (Lipinski definition) is 4. The number of hydrogen-bond donors (Lipinski definition) is 1. The Hall–Kier alpha value is -2.11. The summed E-state index contributed by atoms with van der Waals surface area (Å²) in [6.45, 7) is 2.85. The molecular weight excluding hydrogens is 267 g/mol. The first-order valence-electron chi connectivity index (χ1n) is 6.08. The summed E-state index contributed by atoms with van der Waals surface area (Å²) in [7, 11) is 1.31. The molecule has 0 saturated carbocycles. The van der Waals surface area contributed by atoms with E-state index in [-0.39, 0.29) is 24.3 Å². The van der Waals surface area contributed by atoms with Crippen molar-refractivity contribution in [3.63, 3.8) is 0 Å². The topological polar surface area (TPSA) is 72.8 Å². The molecule has 0 saturated heterocycles. The van der Waals surface area contributed by atoms with E-state index in [0.717, 1.165) is 0 Å². The summed E-state index contributed by atoms with van der Waals surface area (Å²) in [6, 6.07) is 4.37. The van der Waals surface area contributed by atoms with Crippen molar-refractivity contribution < 1.29 is 28.6 Å². The maximum Gasteiger partial charge on any atom is 0.323 e. The summed E-state index contributed by atoms with van der Waals surface area (Å²) in [6.07, 6.45) is -0.315. The molecule has 0 aliphatic carbocycles. The molecule has 1 rings (SSSR count). The van der Waals surface area contributed by atoms with Gasteiger partial charge in [-0.3, -0.25) is 9.59 Å². The van der Waals surface area contributed by atoms with E-state index in [0.29, 0.717) is 0 Å². The number of methoxy groups -OCH3 is 1. The molecule has 20 heavy (non-hydrogen) atoms. The van der Waals surface area contributed by atoms with Gasteiger partial charge in [0.25, 0.3) is 0 Å². The number of ether oxygens (including phenoxy) is 2. The zero-order valence-corrected chi connectivity index (χ0v) is 11.6. The van der Waals surface area contributed by atoms with Crippen LogP contribution in [-0.4, -0.2) is 30.8 Å². The van der Waals surface area contributed by atoms with Gasteiger partial charge in [-0.2, -0.15) is 0 Å². The van der Waals surface area contributed by atoms with Gasteiger partial charge in [0.05, 0.1) is 13.7 Å². The molecule has 0 aromatic heterocycles. The molecule has 1 aromatic rings. The largest absolute Gasteiger partial charge is 0.494 e. The highest BCUT2D eigenvalue weighted by atomic mass is 19.1. The fourth-order valence-corrected chi connectivity index (χ4v) is 1.76. The number of halogens is 1. The van der Waals surface area contributed by atoms with Gasteiger partial charge in [0, 0.05) is 6.42 Å². The first kappa shape index (κ1) is 15.9. The van der Waals surface area contributed by atoms with E-state index in [9.17, 15) is 19.1 Å². The van der Waals surface area contributed by atoms with Crippen LogP contribution in [0.15, 0.2) is 18.2 Å². The van der Waals surface area contributed by atoms with Crippen LogP contribution in [-0.2, 0) is 20.7 Å². The molecule has 0 amide bonds. The Morgan fingerprint density at radius 3 is 2.55 bits per heavy atom. The Morgan fingerprint density at radius 1 is 1.40 bits per heavy atom. The lowest BCUT2D eigenvalue weighted by molar-refractivity contribution is -0.167. The van der Waals surface area contributed by atoms with Crippen LogP contribution in [0.3, 0.4) is 0 Å². The van der Waals surface area contributed by atoms with E-state index in [4.69, 9.17) is 9.47 Å². The van der Waals surface area contributed by atoms with E-state index in [1.54, 1.807) is 6.92 Å². The van der Waals surface area contributed by atoms with Gasteiger partial charge in [0.2, 0.25) is 0 Å². The summed E-state index contributed by atoms with van der Waals surface area (Å²) < 4.78 is 23.6. The molecule has 1 unspecified atom stereocenters. The molecule has 1 atom stereocenters. The van der Waals surface area contributed by atoms with Gasteiger partial charge >= 0.3 is 11.9 Å². The van der Waals surface area contributed by atoms with Crippen molar-refractivity contribution >= 4 is 11.9 Å². The van der Waals surface area contributed by atoms with Crippen LogP contribution in [0, 0.1) is 11.2 Å². The average Bonchev–Trinajstić information content (AvgIpc) is 2.41. The van der Waals surface area contributed by atoms with Crippen molar-refractivity contribution in [2.75, 3.05) is 13.7 Å². The highest BCUT2D eigenvalue weighted by molar-refractivity contribution is 5.99. The highest BCUT2D eigenvalue weighted by Gasteiger charge is 2.43. The van der Waals surface area contributed by atoms with Gasteiger partial charge in [-0.25, -0.2) is 4.39 Å². The predicted molar refractivity (Wildman–Crippen MR) is 69.0 cm³/mol. The molecule has 0 bridgehead atoms. The number of benzene rings is 1. The third kappa shape index (κ3) is 3.07. The molecular formula is C14H17FO5. The lowest BCUT2D eigenvalue weighted by atomic mass is 9.83. The molecule has 0 spiro atoms. The van der Waals surface area contributed by atoms with E-state index >= 15 is 0 Å². The fourth-order valence-electron chi connectivity index (χ4n) is 1.76. The van der Waals surface area contributed by atoms with Crippen LogP contribution in [0.2, 0.25) is 0 Å². The van der Waals surface area contributed by atoms with Crippen LogP contribution in [0.1, 0.15) is 19.4 Å². The first-order chi connectivity index (χ1) is 9.36. The smallest absolute Gasteiger partial charge is 0.323 e. The maximum absolute atomic E-state index is 14.0. The third-order valence-electron chi connectivity index (χ3n) is 3.01. The van der Waals surface area contributed by atoms with Crippen molar-refractivity contribution in [3.05, 3.63) is 29.6 Å². The van der Waals surface area contributed by atoms with Crippen LogP contribution in [0.5, 0.6) is 5.75 Å². The monoisotopic (exact) mass is 284 g/mol. The first-order valence-corrected chi connectivity index (χ1v) is 6.08. The maximum atomic E-state index is 14.0.